The van der Waals surface area contributed by atoms with Crippen molar-refractivity contribution in [2.45, 2.75) is 71.5 Å². The first-order chi connectivity index (χ1) is 12.2. The van der Waals surface area contributed by atoms with Crippen molar-refractivity contribution in [3.8, 4) is 0 Å². The highest BCUT2D eigenvalue weighted by molar-refractivity contribution is 7.99. The van der Waals surface area contributed by atoms with Crippen molar-refractivity contribution in [2.24, 2.45) is 17.3 Å². The fourth-order valence-electron chi connectivity index (χ4n) is 3.79. The van der Waals surface area contributed by atoms with Gasteiger partial charge in [-0.15, -0.1) is 0 Å². The summed E-state index contributed by atoms with van der Waals surface area (Å²) in [5, 5.41) is 2.80. The van der Waals surface area contributed by atoms with Gasteiger partial charge in [0.15, 0.2) is 0 Å². The van der Waals surface area contributed by atoms with Gasteiger partial charge in [-0.05, 0) is 29.9 Å². The summed E-state index contributed by atoms with van der Waals surface area (Å²) in [6, 6.07) is 0. The zero-order valence-electron chi connectivity index (χ0n) is 17.0. The molecule has 0 aromatic heterocycles. The molecular formula is C21H35NO3S. The van der Waals surface area contributed by atoms with Crippen molar-refractivity contribution in [1.29, 1.82) is 0 Å². The first kappa shape index (κ1) is 22.9. The van der Waals surface area contributed by atoms with Gasteiger partial charge in [-0.25, -0.2) is 0 Å². The Morgan fingerprint density at radius 2 is 1.92 bits per heavy atom. The number of hydrogen-bond donors (Lipinski definition) is 1. The van der Waals surface area contributed by atoms with Crippen LogP contribution in [0.5, 0.6) is 0 Å². The van der Waals surface area contributed by atoms with E-state index in [1.807, 2.05) is 0 Å². The van der Waals surface area contributed by atoms with E-state index < -0.39 is 0 Å². The summed E-state index contributed by atoms with van der Waals surface area (Å²) in [4.78, 5) is 35.7. The molecule has 148 valence electrons. The SMILES string of the molecule is CNC(=O)CCC(=O)CCCSC(C)CC(=O)C1C(C)C=CCC1(C)C. The van der Waals surface area contributed by atoms with Crippen LogP contribution < -0.4 is 5.32 Å². The van der Waals surface area contributed by atoms with Crippen LogP contribution in [-0.4, -0.2) is 35.5 Å². The normalized spacial score (nSPS) is 22.7. The van der Waals surface area contributed by atoms with Crippen LogP contribution in [0.15, 0.2) is 12.2 Å². The van der Waals surface area contributed by atoms with Crippen LogP contribution in [0.25, 0.3) is 0 Å². The third-order valence-electron chi connectivity index (χ3n) is 5.20. The van der Waals surface area contributed by atoms with Crippen molar-refractivity contribution in [2.75, 3.05) is 12.8 Å². The van der Waals surface area contributed by atoms with E-state index in [9.17, 15) is 14.4 Å². The minimum Gasteiger partial charge on any atom is -0.359 e. The molecule has 26 heavy (non-hydrogen) atoms. The van der Waals surface area contributed by atoms with Crippen molar-refractivity contribution in [3.63, 3.8) is 0 Å². The average molecular weight is 382 g/mol. The average Bonchev–Trinajstić information content (AvgIpc) is 2.55. The summed E-state index contributed by atoms with van der Waals surface area (Å²) in [6.07, 6.45) is 7.86. The van der Waals surface area contributed by atoms with Gasteiger partial charge in [0.05, 0.1) is 0 Å². The highest BCUT2D eigenvalue weighted by Crippen LogP contribution is 2.42. The molecule has 3 unspecified atom stereocenters. The Kier molecular flexibility index (Phi) is 9.62. The molecule has 4 nitrogen and oxygen atoms in total. The van der Waals surface area contributed by atoms with E-state index in [1.165, 1.54) is 0 Å². The van der Waals surface area contributed by atoms with E-state index in [2.05, 4.69) is 45.2 Å². The first-order valence-corrected chi connectivity index (χ1v) is 10.8. The van der Waals surface area contributed by atoms with Gasteiger partial charge in [0.1, 0.15) is 11.6 Å². The monoisotopic (exact) mass is 381 g/mol. The van der Waals surface area contributed by atoms with Gasteiger partial charge in [0, 0.05) is 43.9 Å². The number of amides is 1. The fourth-order valence-corrected chi connectivity index (χ4v) is 4.79. The Hall–Kier alpha value is -1.10. The van der Waals surface area contributed by atoms with Crippen molar-refractivity contribution < 1.29 is 14.4 Å². The quantitative estimate of drug-likeness (QED) is 0.431. The highest BCUT2D eigenvalue weighted by atomic mass is 32.2. The standard InChI is InChI=1S/C21H35NO3S/c1-15-8-6-12-21(3,4)20(15)18(24)14-16(2)26-13-7-9-17(23)10-11-19(25)22-5/h6,8,15-16,20H,7,9-14H2,1-5H3,(H,22,25). The molecule has 0 aromatic rings. The summed E-state index contributed by atoms with van der Waals surface area (Å²) in [7, 11) is 1.58. The number of Topliss-reactive ketones (excluding diaryl/α,β-unsaturated/α-hetero) is 2. The second-order valence-corrected chi connectivity index (χ2v) is 9.67. The van der Waals surface area contributed by atoms with Gasteiger partial charge in [0.25, 0.3) is 0 Å². The van der Waals surface area contributed by atoms with Crippen molar-refractivity contribution >= 4 is 29.2 Å². The molecule has 1 aliphatic carbocycles. The largest absolute Gasteiger partial charge is 0.359 e. The molecule has 1 amide bonds. The second-order valence-electron chi connectivity index (χ2n) is 8.12. The summed E-state index contributed by atoms with van der Waals surface area (Å²) in [5.41, 5.74) is 0.0346. The van der Waals surface area contributed by atoms with Crippen LogP contribution in [0.1, 0.15) is 66.2 Å². The molecule has 1 aliphatic rings. The molecule has 0 spiro atoms. The van der Waals surface area contributed by atoms with Crippen LogP contribution in [0.4, 0.5) is 0 Å². The van der Waals surface area contributed by atoms with Crippen LogP contribution in [0, 0.1) is 17.3 Å². The summed E-state index contributed by atoms with van der Waals surface area (Å²) < 4.78 is 0. The Morgan fingerprint density at radius 1 is 1.23 bits per heavy atom. The Bertz CT molecular complexity index is 527. The smallest absolute Gasteiger partial charge is 0.220 e. The van der Waals surface area contributed by atoms with Crippen molar-refractivity contribution in [1.82, 2.24) is 5.32 Å². The maximum atomic E-state index is 12.8. The number of carbonyl (C=O) groups is 3. The van der Waals surface area contributed by atoms with Gasteiger partial charge < -0.3 is 5.32 Å². The lowest BCUT2D eigenvalue weighted by atomic mass is 9.65. The Morgan fingerprint density at radius 3 is 2.54 bits per heavy atom. The lowest BCUT2D eigenvalue weighted by molar-refractivity contribution is -0.128. The lowest BCUT2D eigenvalue weighted by Gasteiger charge is -2.39. The molecule has 3 atom stereocenters. The molecule has 0 radical (unpaired) electrons. The molecule has 0 bridgehead atoms. The molecule has 1 N–H and O–H groups in total. The molecule has 0 fully saturated rings. The maximum absolute atomic E-state index is 12.8. The van der Waals surface area contributed by atoms with Crippen LogP contribution in [0.3, 0.4) is 0 Å². The van der Waals surface area contributed by atoms with Crippen molar-refractivity contribution in [3.05, 3.63) is 12.2 Å². The Labute approximate surface area is 163 Å². The number of ketones is 2. The van der Waals surface area contributed by atoms with Crippen LogP contribution in [-0.2, 0) is 14.4 Å². The van der Waals surface area contributed by atoms with Gasteiger partial charge >= 0.3 is 0 Å². The first-order valence-electron chi connectivity index (χ1n) is 9.70. The van der Waals surface area contributed by atoms with E-state index in [-0.39, 0.29) is 34.7 Å². The fraction of sp³-hybridized carbons (Fsp3) is 0.762. The van der Waals surface area contributed by atoms with Crippen LogP contribution in [0.2, 0.25) is 0 Å². The number of rotatable bonds is 11. The number of hydrogen-bond acceptors (Lipinski definition) is 4. The van der Waals surface area contributed by atoms with E-state index in [0.29, 0.717) is 31.0 Å². The molecule has 0 heterocycles. The molecule has 0 saturated carbocycles. The Balaban J connectivity index is 2.28. The van der Waals surface area contributed by atoms with E-state index in [0.717, 1.165) is 18.6 Å². The molecular weight excluding hydrogens is 346 g/mol. The lowest BCUT2D eigenvalue weighted by Crippen LogP contribution is -2.38. The molecule has 0 aliphatic heterocycles. The predicted octanol–water partition coefficient (Wildman–Crippen LogP) is 4.18. The van der Waals surface area contributed by atoms with E-state index >= 15 is 0 Å². The predicted molar refractivity (Wildman–Crippen MR) is 109 cm³/mol. The zero-order chi connectivity index (χ0) is 19.7. The molecule has 1 rings (SSSR count). The second kappa shape index (κ2) is 10.9. The number of carbonyl (C=O) groups excluding carboxylic acids is 3. The minimum absolute atomic E-state index is 0.0346. The highest BCUT2D eigenvalue weighted by Gasteiger charge is 2.39. The molecule has 0 aromatic carbocycles. The minimum atomic E-state index is -0.0884. The van der Waals surface area contributed by atoms with Gasteiger partial charge in [-0.3, -0.25) is 14.4 Å². The zero-order valence-corrected chi connectivity index (χ0v) is 17.8. The molecule has 0 saturated heterocycles. The number of thioether (sulfide) groups is 1. The molecule has 5 heteroatoms. The number of allylic oxidation sites excluding steroid dienone is 2. The van der Waals surface area contributed by atoms with Crippen LogP contribution >= 0.6 is 11.8 Å². The summed E-state index contributed by atoms with van der Waals surface area (Å²) in [6.45, 7) is 8.63. The van der Waals surface area contributed by atoms with E-state index in [1.54, 1.807) is 18.8 Å². The summed E-state index contributed by atoms with van der Waals surface area (Å²) in [5.74, 6) is 1.71. The third-order valence-corrected chi connectivity index (χ3v) is 6.46. The van der Waals surface area contributed by atoms with Gasteiger partial charge in [-0.2, -0.15) is 11.8 Å². The van der Waals surface area contributed by atoms with Gasteiger partial charge in [-0.1, -0.05) is 39.8 Å². The third kappa shape index (κ3) is 7.65. The van der Waals surface area contributed by atoms with E-state index in [4.69, 9.17) is 0 Å². The summed E-state index contributed by atoms with van der Waals surface area (Å²) >= 11 is 1.77. The van der Waals surface area contributed by atoms with Gasteiger partial charge in [0.2, 0.25) is 5.91 Å². The topological polar surface area (TPSA) is 63.2 Å². The maximum Gasteiger partial charge on any atom is 0.220 e. The number of nitrogens with one attached hydrogen (secondary N) is 1.